The van der Waals surface area contributed by atoms with Crippen LogP contribution in [0.3, 0.4) is 0 Å². The fraction of sp³-hybridized carbons (Fsp3) is 0.176. The van der Waals surface area contributed by atoms with Crippen molar-refractivity contribution in [2.24, 2.45) is 10.2 Å². The Bertz CT molecular complexity index is 745. The van der Waals surface area contributed by atoms with Gasteiger partial charge in [0.1, 0.15) is 0 Å². The van der Waals surface area contributed by atoms with Gasteiger partial charge in [-0.3, -0.25) is 9.59 Å². The SMILES string of the molecule is CC(=O)C(N=Nc1ccc(Cl)cc1C)C(=O)Nc1ccccc1. The number of rotatable bonds is 5. The summed E-state index contributed by atoms with van der Waals surface area (Å²) in [6.45, 7) is 3.13. The van der Waals surface area contributed by atoms with E-state index < -0.39 is 11.9 Å². The summed E-state index contributed by atoms with van der Waals surface area (Å²) in [4.78, 5) is 23.9. The first kappa shape index (κ1) is 16.8. The van der Waals surface area contributed by atoms with E-state index in [-0.39, 0.29) is 5.78 Å². The van der Waals surface area contributed by atoms with Crippen molar-refractivity contribution in [1.82, 2.24) is 0 Å². The lowest BCUT2D eigenvalue weighted by Gasteiger charge is -2.09. The highest BCUT2D eigenvalue weighted by Gasteiger charge is 2.23. The zero-order valence-electron chi connectivity index (χ0n) is 12.8. The molecule has 1 atom stereocenters. The van der Waals surface area contributed by atoms with Gasteiger partial charge >= 0.3 is 0 Å². The topological polar surface area (TPSA) is 70.9 Å². The van der Waals surface area contributed by atoms with Crippen LogP contribution < -0.4 is 5.32 Å². The van der Waals surface area contributed by atoms with E-state index in [4.69, 9.17) is 11.6 Å². The summed E-state index contributed by atoms with van der Waals surface area (Å²) in [5, 5.41) is 11.2. The Morgan fingerprint density at radius 1 is 1.13 bits per heavy atom. The van der Waals surface area contributed by atoms with Crippen LogP contribution in [0.1, 0.15) is 12.5 Å². The first-order chi connectivity index (χ1) is 11.0. The molecule has 0 aromatic heterocycles. The normalized spacial score (nSPS) is 12.1. The van der Waals surface area contributed by atoms with E-state index >= 15 is 0 Å². The van der Waals surface area contributed by atoms with Gasteiger partial charge in [0.05, 0.1) is 5.69 Å². The molecule has 0 saturated heterocycles. The van der Waals surface area contributed by atoms with Crippen LogP contribution in [0.25, 0.3) is 0 Å². The van der Waals surface area contributed by atoms with E-state index in [2.05, 4.69) is 15.5 Å². The van der Waals surface area contributed by atoms with Crippen molar-refractivity contribution in [3.8, 4) is 0 Å². The molecule has 0 heterocycles. The van der Waals surface area contributed by atoms with E-state index in [0.29, 0.717) is 16.4 Å². The minimum atomic E-state index is -1.19. The number of azo groups is 1. The number of amides is 1. The number of carbonyl (C=O) groups is 2. The van der Waals surface area contributed by atoms with E-state index in [0.717, 1.165) is 5.56 Å². The Labute approximate surface area is 139 Å². The lowest BCUT2D eigenvalue weighted by atomic mass is 10.2. The monoisotopic (exact) mass is 329 g/mol. The molecule has 1 unspecified atom stereocenters. The molecule has 0 saturated carbocycles. The third-order valence-electron chi connectivity index (χ3n) is 3.11. The maximum Gasteiger partial charge on any atom is 0.258 e. The molecule has 1 amide bonds. The number of ketones is 1. The predicted molar refractivity (Wildman–Crippen MR) is 90.2 cm³/mol. The van der Waals surface area contributed by atoms with Crippen LogP contribution in [0.5, 0.6) is 0 Å². The molecular weight excluding hydrogens is 314 g/mol. The summed E-state index contributed by atoms with van der Waals surface area (Å²) >= 11 is 5.88. The van der Waals surface area contributed by atoms with Crippen molar-refractivity contribution in [2.75, 3.05) is 5.32 Å². The molecule has 0 spiro atoms. The van der Waals surface area contributed by atoms with Crippen LogP contribution in [-0.2, 0) is 9.59 Å². The van der Waals surface area contributed by atoms with Gasteiger partial charge < -0.3 is 5.32 Å². The number of Topliss-reactive ketones (excluding diaryl/α,β-unsaturated/α-hetero) is 1. The molecule has 6 heteroatoms. The molecule has 2 rings (SSSR count). The Morgan fingerprint density at radius 2 is 1.83 bits per heavy atom. The summed E-state index contributed by atoms with van der Waals surface area (Å²) in [5.74, 6) is -0.895. The molecule has 118 valence electrons. The molecule has 0 radical (unpaired) electrons. The fourth-order valence-electron chi connectivity index (χ4n) is 1.90. The number of halogens is 1. The highest BCUT2D eigenvalue weighted by Crippen LogP contribution is 2.23. The smallest absolute Gasteiger partial charge is 0.258 e. The largest absolute Gasteiger partial charge is 0.324 e. The van der Waals surface area contributed by atoms with E-state index in [9.17, 15) is 9.59 Å². The van der Waals surface area contributed by atoms with Crippen molar-refractivity contribution in [3.63, 3.8) is 0 Å². The van der Waals surface area contributed by atoms with Crippen molar-refractivity contribution in [2.45, 2.75) is 19.9 Å². The van der Waals surface area contributed by atoms with Crippen LogP contribution in [0.2, 0.25) is 5.02 Å². The van der Waals surface area contributed by atoms with Crippen LogP contribution >= 0.6 is 11.6 Å². The molecule has 0 aliphatic heterocycles. The highest BCUT2D eigenvalue weighted by atomic mass is 35.5. The number of hydrogen-bond donors (Lipinski definition) is 1. The lowest BCUT2D eigenvalue weighted by molar-refractivity contribution is -0.126. The average Bonchev–Trinajstić information content (AvgIpc) is 2.50. The first-order valence-corrected chi connectivity index (χ1v) is 7.38. The van der Waals surface area contributed by atoms with E-state index in [1.807, 2.05) is 13.0 Å². The zero-order chi connectivity index (χ0) is 16.8. The third kappa shape index (κ3) is 4.72. The zero-order valence-corrected chi connectivity index (χ0v) is 13.5. The van der Waals surface area contributed by atoms with Gasteiger partial charge in [0.15, 0.2) is 5.78 Å². The van der Waals surface area contributed by atoms with Gasteiger partial charge in [-0.15, -0.1) is 0 Å². The van der Waals surface area contributed by atoms with Gasteiger partial charge in [-0.2, -0.15) is 10.2 Å². The van der Waals surface area contributed by atoms with Gasteiger partial charge in [0.25, 0.3) is 5.91 Å². The van der Waals surface area contributed by atoms with E-state index in [1.54, 1.807) is 42.5 Å². The fourth-order valence-corrected chi connectivity index (χ4v) is 2.13. The number of carbonyl (C=O) groups excluding carboxylic acids is 2. The van der Waals surface area contributed by atoms with Crippen LogP contribution in [0.15, 0.2) is 58.8 Å². The summed E-state index contributed by atoms with van der Waals surface area (Å²) in [6.07, 6.45) is 0. The second-order valence-electron chi connectivity index (χ2n) is 5.01. The molecule has 1 N–H and O–H groups in total. The van der Waals surface area contributed by atoms with Gasteiger partial charge in [-0.05, 0) is 49.7 Å². The molecule has 0 aliphatic rings. The molecular formula is C17H16ClN3O2. The minimum absolute atomic E-state index is 0.381. The van der Waals surface area contributed by atoms with Crippen molar-refractivity contribution in [3.05, 3.63) is 59.1 Å². The molecule has 0 aliphatic carbocycles. The molecule has 23 heavy (non-hydrogen) atoms. The van der Waals surface area contributed by atoms with Crippen LogP contribution in [-0.4, -0.2) is 17.7 Å². The number of benzene rings is 2. The van der Waals surface area contributed by atoms with Crippen molar-refractivity contribution < 1.29 is 9.59 Å². The van der Waals surface area contributed by atoms with Crippen molar-refractivity contribution in [1.29, 1.82) is 0 Å². The standard InChI is InChI=1S/C17H16ClN3O2/c1-11-10-13(18)8-9-15(11)20-21-16(12(2)22)17(23)19-14-6-4-3-5-7-14/h3-10,16H,1-2H3,(H,19,23). The summed E-state index contributed by atoms with van der Waals surface area (Å²) in [7, 11) is 0. The Kier molecular flexibility index (Phi) is 5.60. The Hall–Kier alpha value is -2.53. The highest BCUT2D eigenvalue weighted by molar-refractivity contribution is 6.30. The molecule has 0 fully saturated rings. The Balaban J connectivity index is 2.16. The second kappa shape index (κ2) is 7.65. The maximum absolute atomic E-state index is 12.2. The van der Waals surface area contributed by atoms with Crippen LogP contribution in [0.4, 0.5) is 11.4 Å². The third-order valence-corrected chi connectivity index (χ3v) is 3.35. The number of nitrogens with one attached hydrogen (secondary N) is 1. The predicted octanol–water partition coefficient (Wildman–Crippen LogP) is 4.33. The molecule has 2 aromatic carbocycles. The molecule has 5 nitrogen and oxygen atoms in total. The van der Waals surface area contributed by atoms with Crippen LogP contribution in [0, 0.1) is 6.92 Å². The lowest BCUT2D eigenvalue weighted by Crippen LogP contribution is -2.31. The van der Waals surface area contributed by atoms with Gasteiger partial charge in [-0.25, -0.2) is 0 Å². The average molecular weight is 330 g/mol. The van der Waals surface area contributed by atoms with Gasteiger partial charge in [-0.1, -0.05) is 29.8 Å². The maximum atomic E-state index is 12.2. The first-order valence-electron chi connectivity index (χ1n) is 7.01. The summed E-state index contributed by atoms with van der Waals surface area (Å²) < 4.78 is 0. The molecule has 2 aromatic rings. The van der Waals surface area contributed by atoms with Crippen molar-refractivity contribution >= 4 is 34.7 Å². The number of para-hydroxylation sites is 1. The number of hydrogen-bond acceptors (Lipinski definition) is 4. The number of aryl methyl sites for hydroxylation is 1. The second-order valence-corrected chi connectivity index (χ2v) is 5.45. The number of nitrogens with zero attached hydrogens (tertiary/aromatic N) is 2. The van der Waals surface area contributed by atoms with Gasteiger partial charge in [0.2, 0.25) is 6.04 Å². The molecule has 0 bridgehead atoms. The Morgan fingerprint density at radius 3 is 2.43 bits per heavy atom. The summed E-state index contributed by atoms with van der Waals surface area (Å²) in [5.41, 5.74) is 1.97. The van der Waals surface area contributed by atoms with Gasteiger partial charge in [0, 0.05) is 10.7 Å². The minimum Gasteiger partial charge on any atom is -0.324 e. The number of anilines is 1. The summed E-state index contributed by atoms with van der Waals surface area (Å²) in [6, 6.07) is 12.8. The van der Waals surface area contributed by atoms with E-state index in [1.165, 1.54) is 6.92 Å². The quantitative estimate of drug-likeness (QED) is 0.655.